The molecule has 0 saturated carbocycles. The standard InChI is InChI=1S/C23H22N4O3/c1-2-26(13-15-8-4-3-5-9-15)14-16-10-6-7-11-18(16)27-19(28)12-17-20(21(27)24)23(30)25-22(17)29/h3-12H,2,13-14,24H2,1H3,(H,25,29,30). The SMILES string of the molecule is CCN(Cc1ccccc1)Cc1ccccc1-n1c(N)c2c(cc1=O)C(=O)NC2=O. The number of pyridine rings is 1. The van der Waals surface area contributed by atoms with Crippen LogP contribution in [0.1, 0.15) is 38.8 Å². The van der Waals surface area contributed by atoms with E-state index in [0.29, 0.717) is 12.2 Å². The van der Waals surface area contributed by atoms with Gasteiger partial charge in [-0.2, -0.15) is 0 Å². The van der Waals surface area contributed by atoms with Crippen molar-refractivity contribution in [3.8, 4) is 5.69 Å². The minimum absolute atomic E-state index is 0.0236. The predicted molar refractivity (Wildman–Crippen MR) is 114 cm³/mol. The number of rotatable bonds is 6. The molecule has 2 aromatic carbocycles. The molecular formula is C23H22N4O3. The summed E-state index contributed by atoms with van der Waals surface area (Å²) in [4.78, 5) is 39.2. The first-order valence-electron chi connectivity index (χ1n) is 9.75. The highest BCUT2D eigenvalue weighted by Crippen LogP contribution is 2.25. The van der Waals surface area contributed by atoms with Crippen LogP contribution < -0.4 is 16.6 Å². The van der Waals surface area contributed by atoms with Crippen LogP contribution in [0.2, 0.25) is 0 Å². The van der Waals surface area contributed by atoms with Crippen LogP contribution in [0.25, 0.3) is 5.69 Å². The van der Waals surface area contributed by atoms with Crippen LogP contribution >= 0.6 is 0 Å². The third kappa shape index (κ3) is 3.51. The molecule has 1 aliphatic rings. The number of aromatic nitrogens is 1. The lowest BCUT2D eigenvalue weighted by molar-refractivity contribution is 0.0880. The Kier molecular flexibility index (Phi) is 5.20. The van der Waals surface area contributed by atoms with Gasteiger partial charge in [-0.15, -0.1) is 0 Å². The number of imide groups is 1. The number of carbonyl (C=O) groups excluding carboxylic acids is 2. The largest absolute Gasteiger partial charge is 0.384 e. The Labute approximate surface area is 173 Å². The fraction of sp³-hybridized carbons (Fsp3) is 0.174. The Bertz CT molecular complexity index is 1180. The van der Waals surface area contributed by atoms with Crippen molar-refractivity contribution in [2.24, 2.45) is 0 Å². The molecule has 0 bridgehead atoms. The van der Waals surface area contributed by atoms with E-state index in [1.54, 1.807) is 6.07 Å². The first-order valence-corrected chi connectivity index (χ1v) is 9.75. The van der Waals surface area contributed by atoms with Crippen molar-refractivity contribution in [3.05, 3.63) is 93.3 Å². The van der Waals surface area contributed by atoms with E-state index in [9.17, 15) is 14.4 Å². The van der Waals surface area contributed by atoms with E-state index >= 15 is 0 Å². The molecule has 0 saturated heterocycles. The smallest absolute Gasteiger partial charge is 0.262 e. The molecule has 7 heteroatoms. The van der Waals surface area contributed by atoms with Gasteiger partial charge in [0.1, 0.15) is 5.82 Å². The third-order valence-electron chi connectivity index (χ3n) is 5.28. The number of nitrogens with two attached hydrogens (primary N) is 1. The van der Waals surface area contributed by atoms with E-state index in [4.69, 9.17) is 5.73 Å². The fourth-order valence-corrected chi connectivity index (χ4v) is 3.75. The number of hydrogen-bond donors (Lipinski definition) is 2. The Balaban J connectivity index is 1.74. The molecule has 0 radical (unpaired) electrons. The lowest BCUT2D eigenvalue weighted by Gasteiger charge is -2.23. The lowest BCUT2D eigenvalue weighted by Crippen LogP contribution is -2.27. The van der Waals surface area contributed by atoms with Crippen molar-refractivity contribution in [2.45, 2.75) is 20.0 Å². The molecule has 3 aromatic rings. The van der Waals surface area contributed by atoms with Gasteiger partial charge in [0.25, 0.3) is 17.4 Å². The van der Waals surface area contributed by atoms with Crippen molar-refractivity contribution in [2.75, 3.05) is 12.3 Å². The maximum atomic E-state index is 12.8. The molecule has 0 unspecified atom stereocenters. The molecule has 1 aliphatic heterocycles. The van der Waals surface area contributed by atoms with Gasteiger partial charge in [0.05, 0.1) is 16.8 Å². The second-order valence-corrected chi connectivity index (χ2v) is 7.19. The number of para-hydroxylation sites is 1. The van der Waals surface area contributed by atoms with E-state index in [2.05, 4.69) is 29.3 Å². The van der Waals surface area contributed by atoms with Crippen molar-refractivity contribution >= 4 is 17.6 Å². The maximum Gasteiger partial charge on any atom is 0.262 e. The number of nitrogens with zero attached hydrogens (tertiary/aromatic N) is 2. The summed E-state index contributed by atoms with van der Waals surface area (Å²) in [5, 5.41) is 2.19. The maximum absolute atomic E-state index is 12.8. The summed E-state index contributed by atoms with van der Waals surface area (Å²) >= 11 is 0. The van der Waals surface area contributed by atoms with E-state index in [0.717, 1.165) is 18.7 Å². The zero-order valence-corrected chi connectivity index (χ0v) is 16.6. The van der Waals surface area contributed by atoms with E-state index in [1.807, 2.05) is 36.4 Å². The number of hydrogen-bond acceptors (Lipinski definition) is 5. The van der Waals surface area contributed by atoms with Crippen LogP contribution in [0, 0.1) is 0 Å². The van der Waals surface area contributed by atoms with Gasteiger partial charge in [-0.25, -0.2) is 0 Å². The van der Waals surface area contributed by atoms with Crippen molar-refractivity contribution in [3.63, 3.8) is 0 Å². The molecule has 1 aromatic heterocycles. The number of benzene rings is 2. The number of carbonyl (C=O) groups is 2. The molecule has 4 rings (SSSR count). The van der Waals surface area contributed by atoms with Gasteiger partial charge in [-0.3, -0.25) is 29.2 Å². The number of fused-ring (bicyclic) bond motifs is 1. The third-order valence-corrected chi connectivity index (χ3v) is 5.28. The highest BCUT2D eigenvalue weighted by Gasteiger charge is 2.32. The van der Waals surface area contributed by atoms with Gasteiger partial charge in [-0.05, 0) is 23.7 Å². The molecule has 152 valence electrons. The average molecular weight is 402 g/mol. The topological polar surface area (TPSA) is 97.4 Å². The number of nitrogen functional groups attached to an aromatic ring is 1. The van der Waals surface area contributed by atoms with Crippen LogP contribution in [0.5, 0.6) is 0 Å². The summed E-state index contributed by atoms with van der Waals surface area (Å²) in [6.45, 7) is 4.25. The number of anilines is 1. The van der Waals surface area contributed by atoms with Crippen molar-refractivity contribution in [1.82, 2.24) is 14.8 Å². The molecule has 0 aliphatic carbocycles. The van der Waals surface area contributed by atoms with Gasteiger partial charge < -0.3 is 5.73 Å². The minimum atomic E-state index is -0.598. The van der Waals surface area contributed by atoms with E-state index in [-0.39, 0.29) is 16.9 Å². The predicted octanol–water partition coefficient (Wildman–Crippen LogP) is 2.33. The average Bonchev–Trinajstić information content (AvgIpc) is 3.02. The van der Waals surface area contributed by atoms with Gasteiger partial charge in [0.2, 0.25) is 0 Å². The fourth-order valence-electron chi connectivity index (χ4n) is 3.75. The number of amides is 2. The van der Waals surface area contributed by atoms with E-state index < -0.39 is 17.4 Å². The first kappa shape index (κ1) is 19.6. The molecule has 0 fully saturated rings. The second kappa shape index (κ2) is 7.96. The minimum Gasteiger partial charge on any atom is -0.384 e. The second-order valence-electron chi connectivity index (χ2n) is 7.19. The zero-order chi connectivity index (χ0) is 21.3. The molecule has 0 spiro atoms. The molecule has 30 heavy (non-hydrogen) atoms. The van der Waals surface area contributed by atoms with Gasteiger partial charge in [-0.1, -0.05) is 55.5 Å². The van der Waals surface area contributed by atoms with Crippen LogP contribution in [-0.2, 0) is 13.1 Å². The van der Waals surface area contributed by atoms with Crippen molar-refractivity contribution in [1.29, 1.82) is 0 Å². The lowest BCUT2D eigenvalue weighted by atomic mass is 10.1. The summed E-state index contributed by atoms with van der Waals surface area (Å²) in [5.74, 6) is -1.21. The summed E-state index contributed by atoms with van der Waals surface area (Å²) in [6, 6.07) is 18.8. The first-order chi connectivity index (χ1) is 14.5. The van der Waals surface area contributed by atoms with Crippen LogP contribution in [0.3, 0.4) is 0 Å². The normalized spacial score (nSPS) is 12.9. The van der Waals surface area contributed by atoms with Crippen LogP contribution in [-0.4, -0.2) is 27.8 Å². The molecule has 2 amide bonds. The summed E-state index contributed by atoms with van der Waals surface area (Å²) in [7, 11) is 0. The zero-order valence-electron chi connectivity index (χ0n) is 16.6. The highest BCUT2D eigenvalue weighted by atomic mass is 16.2. The molecule has 3 N–H and O–H groups in total. The summed E-state index contributed by atoms with van der Waals surface area (Å²) < 4.78 is 1.31. The number of nitrogens with one attached hydrogen (secondary N) is 1. The summed E-state index contributed by atoms with van der Waals surface area (Å²) in [6.07, 6.45) is 0. The molecule has 7 nitrogen and oxygen atoms in total. The summed E-state index contributed by atoms with van der Waals surface area (Å²) in [5.41, 5.74) is 8.52. The van der Waals surface area contributed by atoms with Gasteiger partial charge in [0, 0.05) is 19.2 Å². The molecule has 0 atom stereocenters. The molecular weight excluding hydrogens is 380 g/mol. The Hall–Kier alpha value is -3.71. The van der Waals surface area contributed by atoms with E-state index in [1.165, 1.54) is 16.2 Å². The van der Waals surface area contributed by atoms with Crippen molar-refractivity contribution < 1.29 is 9.59 Å². The molecule has 2 heterocycles. The Morgan fingerprint density at radius 2 is 1.63 bits per heavy atom. The Morgan fingerprint density at radius 1 is 0.933 bits per heavy atom. The highest BCUT2D eigenvalue weighted by molar-refractivity contribution is 6.23. The quantitative estimate of drug-likeness (QED) is 0.617. The van der Waals surface area contributed by atoms with Crippen LogP contribution in [0.4, 0.5) is 5.82 Å². The Morgan fingerprint density at radius 3 is 2.37 bits per heavy atom. The van der Waals surface area contributed by atoms with Gasteiger partial charge in [0.15, 0.2) is 0 Å². The monoisotopic (exact) mass is 402 g/mol. The van der Waals surface area contributed by atoms with Gasteiger partial charge >= 0.3 is 0 Å². The van der Waals surface area contributed by atoms with Crippen LogP contribution in [0.15, 0.2) is 65.5 Å².